The Bertz CT molecular complexity index is 368. The zero-order chi connectivity index (χ0) is 10.7. The quantitative estimate of drug-likeness (QED) is 0.779. The van der Waals surface area contributed by atoms with Crippen LogP contribution in [0.15, 0.2) is 12.1 Å². The molecular weight excluding hydrogens is 246 g/mol. The van der Waals surface area contributed by atoms with E-state index in [2.05, 4.69) is 0 Å². The van der Waals surface area contributed by atoms with Crippen LogP contribution in [0.25, 0.3) is 0 Å². The van der Waals surface area contributed by atoms with Gasteiger partial charge in [-0.2, -0.15) is 0 Å². The third-order valence-corrected chi connectivity index (χ3v) is 3.30. The van der Waals surface area contributed by atoms with E-state index >= 15 is 0 Å². The number of halogens is 2. The molecule has 1 aromatic rings. The van der Waals surface area contributed by atoms with Crippen LogP contribution in [0.4, 0.5) is 0 Å². The van der Waals surface area contributed by atoms with Crippen LogP contribution in [0.1, 0.15) is 0 Å². The van der Waals surface area contributed by atoms with Gasteiger partial charge in [0.1, 0.15) is 5.75 Å². The van der Waals surface area contributed by atoms with E-state index in [0.717, 1.165) is 0 Å². The van der Waals surface area contributed by atoms with Crippen LogP contribution in [0.5, 0.6) is 5.75 Å². The van der Waals surface area contributed by atoms with Crippen LogP contribution in [0.3, 0.4) is 0 Å². The third kappa shape index (κ3) is 2.43. The normalized spacial score (nSPS) is 12.6. The van der Waals surface area contributed by atoms with Crippen LogP contribution in [-0.2, 0) is 9.09 Å². The molecule has 0 bridgehead atoms. The van der Waals surface area contributed by atoms with E-state index in [-0.39, 0.29) is 0 Å². The zero-order valence-electron chi connectivity index (χ0n) is 7.64. The Morgan fingerprint density at radius 1 is 1.29 bits per heavy atom. The summed E-state index contributed by atoms with van der Waals surface area (Å²) in [5, 5.41) is 1.13. The number of rotatable bonds is 3. The summed E-state index contributed by atoms with van der Waals surface area (Å²) in [4.78, 5) is 0. The lowest BCUT2D eigenvalue weighted by atomic mass is 10.3. The van der Waals surface area contributed by atoms with Crippen molar-refractivity contribution >= 4 is 36.5 Å². The summed E-state index contributed by atoms with van der Waals surface area (Å²) < 4.78 is 21.2. The first kappa shape index (κ1) is 11.9. The Labute approximate surface area is 92.8 Å². The summed E-state index contributed by atoms with van der Waals surface area (Å²) in [5.41, 5.74) is 0. The highest BCUT2D eigenvalue weighted by atomic mass is 35.5. The van der Waals surface area contributed by atoms with Crippen molar-refractivity contribution in [1.29, 1.82) is 0 Å². The van der Waals surface area contributed by atoms with Gasteiger partial charge in [-0.15, -0.1) is 0 Å². The molecule has 1 unspecified atom stereocenters. The summed E-state index contributed by atoms with van der Waals surface area (Å²) in [6.45, 7) is 0. The van der Waals surface area contributed by atoms with E-state index < -0.39 is 8.03 Å². The first-order valence-electron chi connectivity index (χ1n) is 3.71. The second-order valence-electron chi connectivity index (χ2n) is 2.46. The fourth-order valence-corrected chi connectivity index (χ4v) is 2.69. The molecule has 0 spiro atoms. The zero-order valence-corrected chi connectivity index (χ0v) is 10.1. The van der Waals surface area contributed by atoms with Gasteiger partial charge in [0.25, 0.3) is 0 Å². The fraction of sp³-hybridized carbons (Fsp3) is 0.250. The summed E-state index contributed by atoms with van der Waals surface area (Å²) in [7, 11) is 0.468. The minimum atomic E-state index is -2.34. The topological polar surface area (TPSA) is 35.5 Å². The molecule has 1 atom stereocenters. The standard InChI is InChI=1S/C8H9Cl2O3P/c1-12-8-6(10)3-5(9)4-7(8)14(11)13-2/h3-4,14H,1-2H3. The van der Waals surface area contributed by atoms with Gasteiger partial charge in [0.05, 0.1) is 17.4 Å². The average Bonchev–Trinajstić information content (AvgIpc) is 2.15. The van der Waals surface area contributed by atoms with Crippen molar-refractivity contribution in [3.8, 4) is 5.75 Å². The molecule has 78 valence electrons. The lowest BCUT2D eigenvalue weighted by molar-refractivity contribution is 0.408. The minimum absolute atomic E-state index is 0.324. The maximum Gasteiger partial charge on any atom is 0.224 e. The molecule has 0 radical (unpaired) electrons. The SMILES string of the molecule is COc1c(Cl)cc(Cl)cc1[PH](=O)OC. The van der Waals surface area contributed by atoms with Crippen LogP contribution in [-0.4, -0.2) is 14.2 Å². The molecule has 0 amide bonds. The molecule has 0 aliphatic carbocycles. The smallest absolute Gasteiger partial charge is 0.224 e. The lowest BCUT2D eigenvalue weighted by Gasteiger charge is -2.09. The van der Waals surface area contributed by atoms with Gasteiger partial charge in [0.2, 0.25) is 8.03 Å². The summed E-state index contributed by atoms with van der Waals surface area (Å²) in [5.74, 6) is 0.349. The second kappa shape index (κ2) is 5.04. The molecular formula is C8H9Cl2O3P. The van der Waals surface area contributed by atoms with Crippen LogP contribution >= 0.6 is 31.2 Å². The molecule has 1 aromatic carbocycles. The number of methoxy groups -OCH3 is 1. The van der Waals surface area contributed by atoms with Crippen molar-refractivity contribution in [2.45, 2.75) is 0 Å². The van der Waals surface area contributed by atoms with Crippen molar-refractivity contribution in [2.75, 3.05) is 14.2 Å². The number of ether oxygens (including phenoxy) is 1. The fourth-order valence-electron chi connectivity index (χ4n) is 1.03. The number of hydrogen-bond acceptors (Lipinski definition) is 3. The molecule has 0 aromatic heterocycles. The molecule has 1 rings (SSSR count). The summed E-state index contributed by atoms with van der Waals surface area (Å²) in [6.07, 6.45) is 0. The molecule has 0 heterocycles. The molecule has 3 nitrogen and oxygen atoms in total. The van der Waals surface area contributed by atoms with Crippen molar-refractivity contribution in [2.24, 2.45) is 0 Å². The van der Waals surface area contributed by atoms with Gasteiger partial charge in [-0.25, -0.2) is 0 Å². The Kier molecular flexibility index (Phi) is 4.27. The van der Waals surface area contributed by atoms with Gasteiger partial charge in [-0.3, -0.25) is 4.57 Å². The van der Waals surface area contributed by atoms with Crippen molar-refractivity contribution in [1.82, 2.24) is 0 Å². The van der Waals surface area contributed by atoms with Gasteiger partial charge in [-0.05, 0) is 12.1 Å². The van der Waals surface area contributed by atoms with Gasteiger partial charge < -0.3 is 9.26 Å². The lowest BCUT2D eigenvalue weighted by Crippen LogP contribution is -2.04. The Morgan fingerprint density at radius 2 is 1.93 bits per heavy atom. The Morgan fingerprint density at radius 3 is 2.43 bits per heavy atom. The van der Waals surface area contributed by atoms with Crippen LogP contribution in [0, 0.1) is 0 Å². The first-order chi connectivity index (χ1) is 6.60. The van der Waals surface area contributed by atoms with Gasteiger partial charge in [0.15, 0.2) is 0 Å². The molecule has 0 saturated heterocycles. The van der Waals surface area contributed by atoms with Gasteiger partial charge >= 0.3 is 0 Å². The first-order valence-corrected chi connectivity index (χ1v) is 5.78. The largest absolute Gasteiger partial charge is 0.494 e. The van der Waals surface area contributed by atoms with E-state index in [9.17, 15) is 4.57 Å². The minimum Gasteiger partial charge on any atom is -0.494 e. The average molecular weight is 255 g/mol. The van der Waals surface area contributed by atoms with E-state index in [1.807, 2.05) is 0 Å². The monoisotopic (exact) mass is 254 g/mol. The highest BCUT2D eigenvalue weighted by Gasteiger charge is 2.14. The maximum atomic E-state index is 11.5. The predicted molar refractivity (Wildman–Crippen MR) is 58.7 cm³/mol. The van der Waals surface area contributed by atoms with Crippen molar-refractivity contribution < 1.29 is 13.8 Å². The number of hydrogen-bond donors (Lipinski definition) is 0. The highest BCUT2D eigenvalue weighted by Crippen LogP contribution is 2.33. The molecule has 0 aliphatic heterocycles. The van der Waals surface area contributed by atoms with Crippen molar-refractivity contribution in [3.05, 3.63) is 22.2 Å². The summed E-state index contributed by atoms with van der Waals surface area (Å²) >= 11 is 11.6. The molecule has 0 aliphatic rings. The summed E-state index contributed by atoms with van der Waals surface area (Å²) in [6, 6.07) is 3.05. The maximum absolute atomic E-state index is 11.5. The Balaban J connectivity index is 3.32. The van der Waals surface area contributed by atoms with Gasteiger partial charge in [0, 0.05) is 12.1 Å². The highest BCUT2D eigenvalue weighted by molar-refractivity contribution is 7.48. The van der Waals surface area contributed by atoms with E-state index in [1.165, 1.54) is 26.4 Å². The van der Waals surface area contributed by atoms with E-state index in [1.54, 1.807) is 0 Å². The molecule has 14 heavy (non-hydrogen) atoms. The molecule has 0 fully saturated rings. The second-order valence-corrected chi connectivity index (χ2v) is 4.83. The van der Waals surface area contributed by atoms with Crippen LogP contribution < -0.4 is 10.0 Å². The van der Waals surface area contributed by atoms with E-state index in [0.29, 0.717) is 21.1 Å². The third-order valence-electron chi connectivity index (χ3n) is 1.62. The Hall–Kier alpha value is -0.210. The van der Waals surface area contributed by atoms with Gasteiger partial charge in [-0.1, -0.05) is 23.2 Å². The number of benzene rings is 1. The molecule has 6 heteroatoms. The predicted octanol–water partition coefficient (Wildman–Crippen LogP) is 2.75. The van der Waals surface area contributed by atoms with E-state index in [4.69, 9.17) is 32.5 Å². The molecule has 0 N–H and O–H groups in total. The van der Waals surface area contributed by atoms with Crippen LogP contribution in [0.2, 0.25) is 10.0 Å². The van der Waals surface area contributed by atoms with Crippen molar-refractivity contribution in [3.63, 3.8) is 0 Å². The molecule has 0 saturated carbocycles.